The molecule has 7 nitrogen and oxygen atoms in total. The number of amides is 1. The molecule has 1 saturated carbocycles. The summed E-state index contributed by atoms with van der Waals surface area (Å²) < 4.78 is 26.3. The van der Waals surface area contributed by atoms with Crippen LogP contribution < -0.4 is 10.0 Å². The largest absolute Gasteiger partial charge is 0.481 e. The third-order valence-corrected chi connectivity index (χ3v) is 5.50. The van der Waals surface area contributed by atoms with Gasteiger partial charge in [-0.1, -0.05) is 19.1 Å². The quantitative estimate of drug-likeness (QED) is 0.691. The average molecular weight is 354 g/mol. The van der Waals surface area contributed by atoms with Gasteiger partial charge in [-0.15, -0.1) is 0 Å². The minimum Gasteiger partial charge on any atom is -0.481 e. The lowest BCUT2D eigenvalue weighted by Gasteiger charge is -2.15. The fraction of sp³-hybridized carbons (Fsp3) is 0.500. The van der Waals surface area contributed by atoms with Crippen LogP contribution in [0.2, 0.25) is 0 Å². The van der Waals surface area contributed by atoms with Crippen molar-refractivity contribution in [2.24, 2.45) is 5.92 Å². The maximum absolute atomic E-state index is 12.4. The summed E-state index contributed by atoms with van der Waals surface area (Å²) in [5.74, 6) is -1.71. The van der Waals surface area contributed by atoms with Crippen LogP contribution in [0.4, 0.5) is 5.69 Å². The van der Waals surface area contributed by atoms with Gasteiger partial charge in [0.15, 0.2) is 0 Å². The van der Waals surface area contributed by atoms with E-state index in [2.05, 4.69) is 10.0 Å². The number of sulfonamides is 1. The molecule has 1 aliphatic rings. The topological polar surface area (TPSA) is 113 Å². The smallest absolute Gasteiger partial charge is 0.306 e. The molecule has 0 unspecified atom stereocenters. The summed E-state index contributed by atoms with van der Waals surface area (Å²) in [7, 11) is -3.50. The summed E-state index contributed by atoms with van der Waals surface area (Å²) in [5, 5.41) is 11.8. The zero-order valence-electron chi connectivity index (χ0n) is 13.5. The van der Waals surface area contributed by atoms with Crippen molar-refractivity contribution in [3.8, 4) is 0 Å². The van der Waals surface area contributed by atoms with Crippen LogP contribution in [-0.2, 0) is 14.8 Å². The molecular formula is C16H22N2O5S. The van der Waals surface area contributed by atoms with E-state index in [1.165, 1.54) is 6.07 Å². The number of nitrogens with one attached hydrogen (secondary N) is 2. The number of rotatable bonds is 7. The Kier molecular flexibility index (Phi) is 5.82. The van der Waals surface area contributed by atoms with Gasteiger partial charge in [-0.3, -0.25) is 14.3 Å². The fourth-order valence-electron chi connectivity index (χ4n) is 2.86. The molecule has 1 aromatic carbocycles. The van der Waals surface area contributed by atoms with E-state index < -0.39 is 27.8 Å². The lowest BCUT2D eigenvalue weighted by molar-refractivity contribution is -0.141. The van der Waals surface area contributed by atoms with E-state index in [-0.39, 0.29) is 23.0 Å². The third kappa shape index (κ3) is 4.70. The van der Waals surface area contributed by atoms with Crippen molar-refractivity contribution in [1.82, 2.24) is 5.32 Å². The van der Waals surface area contributed by atoms with Gasteiger partial charge in [0.25, 0.3) is 5.91 Å². The van der Waals surface area contributed by atoms with Gasteiger partial charge in [-0.2, -0.15) is 0 Å². The highest BCUT2D eigenvalue weighted by Gasteiger charge is 2.31. The Balaban J connectivity index is 2.09. The van der Waals surface area contributed by atoms with Gasteiger partial charge in [-0.25, -0.2) is 8.42 Å². The highest BCUT2D eigenvalue weighted by Crippen LogP contribution is 2.26. The first-order valence-electron chi connectivity index (χ1n) is 7.95. The van der Waals surface area contributed by atoms with Crippen LogP contribution in [0.3, 0.4) is 0 Å². The van der Waals surface area contributed by atoms with Crippen LogP contribution in [0.1, 0.15) is 43.0 Å². The van der Waals surface area contributed by atoms with E-state index >= 15 is 0 Å². The molecule has 1 aromatic rings. The zero-order valence-corrected chi connectivity index (χ0v) is 14.3. The first kappa shape index (κ1) is 18.3. The summed E-state index contributed by atoms with van der Waals surface area (Å²) in [4.78, 5) is 23.4. The second-order valence-corrected chi connectivity index (χ2v) is 7.83. The number of hydrogen-bond acceptors (Lipinski definition) is 4. The predicted molar refractivity (Wildman–Crippen MR) is 90.4 cm³/mol. The zero-order chi connectivity index (χ0) is 17.7. The highest BCUT2D eigenvalue weighted by molar-refractivity contribution is 7.92. The Morgan fingerprint density at radius 1 is 1.25 bits per heavy atom. The molecule has 1 aliphatic carbocycles. The number of benzene rings is 1. The molecule has 0 saturated heterocycles. The molecular weight excluding hydrogens is 332 g/mol. The van der Waals surface area contributed by atoms with Crippen molar-refractivity contribution in [3.05, 3.63) is 29.8 Å². The Bertz CT molecular complexity index is 717. The maximum atomic E-state index is 12.4. The number of carboxylic acid groups (broad SMARTS) is 1. The molecule has 8 heteroatoms. The number of anilines is 1. The van der Waals surface area contributed by atoms with Crippen LogP contribution in [-0.4, -0.2) is 37.2 Å². The summed E-state index contributed by atoms with van der Waals surface area (Å²) in [6, 6.07) is 6.18. The van der Waals surface area contributed by atoms with Crippen LogP contribution in [0.25, 0.3) is 0 Å². The predicted octanol–water partition coefficient (Wildman–Crippen LogP) is 1.82. The Labute approximate surface area is 141 Å². The lowest BCUT2D eigenvalue weighted by Crippen LogP contribution is -2.34. The van der Waals surface area contributed by atoms with E-state index in [1.54, 1.807) is 25.1 Å². The number of aliphatic carboxylic acids is 1. The Hall–Kier alpha value is -2.09. The Morgan fingerprint density at radius 2 is 1.96 bits per heavy atom. The van der Waals surface area contributed by atoms with Gasteiger partial charge in [-0.05, 0) is 37.8 Å². The molecule has 0 radical (unpaired) electrons. The summed E-state index contributed by atoms with van der Waals surface area (Å²) >= 11 is 0. The fourth-order valence-corrected chi connectivity index (χ4v) is 4.01. The van der Waals surface area contributed by atoms with Crippen LogP contribution in [0.5, 0.6) is 0 Å². The monoisotopic (exact) mass is 354 g/mol. The molecule has 2 atom stereocenters. The molecule has 2 rings (SSSR count). The van der Waals surface area contributed by atoms with E-state index in [0.29, 0.717) is 25.7 Å². The van der Waals surface area contributed by atoms with Gasteiger partial charge in [0.05, 0.1) is 22.9 Å². The van der Waals surface area contributed by atoms with Crippen LogP contribution in [0, 0.1) is 5.92 Å². The van der Waals surface area contributed by atoms with Gasteiger partial charge in [0.2, 0.25) is 10.0 Å². The van der Waals surface area contributed by atoms with Crippen molar-refractivity contribution in [1.29, 1.82) is 0 Å². The highest BCUT2D eigenvalue weighted by atomic mass is 32.2. The second-order valence-electron chi connectivity index (χ2n) is 5.99. The van der Waals surface area contributed by atoms with Crippen molar-refractivity contribution in [2.45, 2.75) is 38.6 Å². The molecule has 1 amide bonds. The van der Waals surface area contributed by atoms with Crippen molar-refractivity contribution < 1.29 is 23.1 Å². The number of carboxylic acids is 1. The van der Waals surface area contributed by atoms with E-state index in [1.807, 2.05) is 0 Å². The van der Waals surface area contributed by atoms with E-state index in [9.17, 15) is 18.0 Å². The summed E-state index contributed by atoms with van der Waals surface area (Å²) in [6.07, 6.45) is 2.00. The molecule has 0 heterocycles. The van der Waals surface area contributed by atoms with Crippen molar-refractivity contribution in [2.75, 3.05) is 10.5 Å². The van der Waals surface area contributed by atoms with Gasteiger partial charge in [0.1, 0.15) is 0 Å². The number of para-hydroxylation sites is 1. The average Bonchev–Trinajstić information content (AvgIpc) is 2.96. The van der Waals surface area contributed by atoms with Gasteiger partial charge < -0.3 is 10.4 Å². The molecule has 0 aromatic heterocycles. The lowest BCUT2D eigenvalue weighted by atomic mass is 10.1. The standard InChI is InChI=1S/C16H22N2O5S/c1-2-9-24(22,23)18-14-6-4-3-5-13(14)15(19)17-12-8-7-11(10-12)16(20)21/h3-6,11-12,18H,2,7-10H2,1H3,(H,17,19)(H,20,21)/t11-,12+/m0/s1. The SMILES string of the molecule is CCCS(=O)(=O)Nc1ccccc1C(=O)N[C@@H]1CC[C@H](C(=O)O)C1. The van der Waals surface area contributed by atoms with Crippen LogP contribution in [0.15, 0.2) is 24.3 Å². The molecule has 132 valence electrons. The molecule has 0 aliphatic heterocycles. The van der Waals surface area contributed by atoms with Crippen LogP contribution >= 0.6 is 0 Å². The van der Waals surface area contributed by atoms with E-state index in [0.717, 1.165) is 0 Å². The molecule has 3 N–H and O–H groups in total. The van der Waals surface area contributed by atoms with E-state index in [4.69, 9.17) is 5.11 Å². The minimum atomic E-state index is -3.50. The molecule has 0 bridgehead atoms. The molecule has 0 spiro atoms. The number of carbonyl (C=O) groups excluding carboxylic acids is 1. The first-order chi connectivity index (χ1) is 11.3. The summed E-state index contributed by atoms with van der Waals surface area (Å²) in [6.45, 7) is 1.76. The van der Waals surface area contributed by atoms with Gasteiger partial charge in [0, 0.05) is 6.04 Å². The maximum Gasteiger partial charge on any atom is 0.306 e. The third-order valence-electron chi connectivity index (χ3n) is 4.03. The minimum absolute atomic E-state index is 0.0220. The van der Waals surface area contributed by atoms with Crippen molar-refractivity contribution >= 4 is 27.6 Å². The number of carbonyl (C=O) groups is 2. The van der Waals surface area contributed by atoms with Gasteiger partial charge >= 0.3 is 5.97 Å². The normalized spacial score (nSPS) is 20.5. The Morgan fingerprint density at radius 3 is 2.58 bits per heavy atom. The number of hydrogen-bond donors (Lipinski definition) is 3. The first-order valence-corrected chi connectivity index (χ1v) is 9.61. The molecule has 1 fully saturated rings. The second kappa shape index (κ2) is 7.65. The summed E-state index contributed by atoms with van der Waals surface area (Å²) in [5.41, 5.74) is 0.465. The molecule has 24 heavy (non-hydrogen) atoms. The van der Waals surface area contributed by atoms with Crippen molar-refractivity contribution in [3.63, 3.8) is 0 Å².